The van der Waals surface area contributed by atoms with Gasteiger partial charge in [-0.25, -0.2) is 4.39 Å². The van der Waals surface area contributed by atoms with Gasteiger partial charge in [0.15, 0.2) is 0 Å². The third-order valence-corrected chi connectivity index (χ3v) is 3.45. The smallest absolute Gasteiger partial charge is 0.123 e. The summed E-state index contributed by atoms with van der Waals surface area (Å²) in [5, 5.41) is 10.5. The van der Waals surface area contributed by atoms with Gasteiger partial charge in [0.25, 0.3) is 0 Å². The van der Waals surface area contributed by atoms with Crippen LogP contribution in [0.25, 0.3) is 0 Å². The van der Waals surface area contributed by atoms with Crippen LogP contribution < -0.4 is 0 Å². The highest BCUT2D eigenvalue weighted by Gasteiger charge is 2.12. The highest BCUT2D eigenvalue weighted by molar-refractivity contribution is 6.31. The van der Waals surface area contributed by atoms with Gasteiger partial charge in [-0.3, -0.25) is 0 Å². The Morgan fingerprint density at radius 1 is 1.21 bits per heavy atom. The molecule has 0 spiro atoms. The number of halogens is 2. The number of aliphatic hydroxyl groups is 1. The molecule has 1 unspecified atom stereocenters. The molecule has 0 amide bonds. The molecule has 1 nitrogen and oxygen atoms in total. The highest BCUT2D eigenvalue weighted by Crippen LogP contribution is 2.27. The van der Waals surface area contributed by atoms with Crippen molar-refractivity contribution in [2.75, 3.05) is 0 Å². The number of rotatable bonds is 4. The molecular weight excluding hydrogens is 263 g/mol. The summed E-state index contributed by atoms with van der Waals surface area (Å²) in [5.74, 6) is -0.381. The average Bonchev–Trinajstić information content (AvgIpc) is 2.39. The third kappa shape index (κ3) is 3.79. The lowest BCUT2D eigenvalue weighted by Gasteiger charge is -2.13. The lowest BCUT2D eigenvalue weighted by atomic mass is 10.0. The SMILES string of the molecule is Cc1cccc(CCC(O)c2cc(F)ccc2Cl)c1. The first-order valence-corrected chi connectivity index (χ1v) is 6.62. The van der Waals surface area contributed by atoms with Crippen molar-refractivity contribution in [3.05, 3.63) is 70.0 Å². The van der Waals surface area contributed by atoms with Crippen LogP contribution in [-0.4, -0.2) is 5.11 Å². The molecule has 0 heterocycles. The molecule has 0 aliphatic carbocycles. The second-order valence-corrected chi connectivity index (χ2v) is 5.12. The van der Waals surface area contributed by atoms with Gasteiger partial charge in [0.2, 0.25) is 0 Å². The monoisotopic (exact) mass is 278 g/mol. The minimum Gasteiger partial charge on any atom is -0.388 e. The third-order valence-electron chi connectivity index (χ3n) is 3.11. The summed E-state index contributed by atoms with van der Waals surface area (Å²) in [6.45, 7) is 2.03. The molecule has 2 rings (SSSR count). The van der Waals surface area contributed by atoms with Gasteiger partial charge in [-0.2, -0.15) is 0 Å². The van der Waals surface area contributed by atoms with Gasteiger partial charge < -0.3 is 5.11 Å². The fourth-order valence-electron chi connectivity index (χ4n) is 2.10. The molecule has 0 saturated carbocycles. The van der Waals surface area contributed by atoms with Crippen LogP contribution in [0.1, 0.15) is 29.2 Å². The molecule has 0 radical (unpaired) electrons. The standard InChI is InChI=1S/C16H16ClFO/c1-11-3-2-4-12(9-11)5-8-16(19)14-10-13(18)6-7-15(14)17/h2-4,6-7,9-10,16,19H,5,8H2,1H3. The Balaban J connectivity index is 2.05. The van der Waals surface area contributed by atoms with Crippen molar-refractivity contribution in [1.82, 2.24) is 0 Å². The van der Waals surface area contributed by atoms with Crippen LogP contribution >= 0.6 is 11.6 Å². The van der Waals surface area contributed by atoms with E-state index < -0.39 is 6.10 Å². The van der Waals surface area contributed by atoms with E-state index in [1.807, 2.05) is 25.1 Å². The molecule has 0 saturated heterocycles. The number of hydrogen-bond acceptors (Lipinski definition) is 1. The summed E-state index contributed by atoms with van der Waals surface area (Å²) in [6.07, 6.45) is 0.506. The minimum atomic E-state index is -0.747. The van der Waals surface area contributed by atoms with Crippen molar-refractivity contribution in [3.63, 3.8) is 0 Å². The van der Waals surface area contributed by atoms with Crippen molar-refractivity contribution in [2.45, 2.75) is 25.9 Å². The number of benzene rings is 2. The molecule has 0 aliphatic rings. The Labute approximate surface area is 117 Å². The molecule has 3 heteroatoms. The summed E-state index contributed by atoms with van der Waals surface area (Å²) in [6, 6.07) is 12.2. The van der Waals surface area contributed by atoms with Crippen LogP contribution in [0, 0.1) is 12.7 Å². The van der Waals surface area contributed by atoms with Crippen molar-refractivity contribution in [3.8, 4) is 0 Å². The molecular formula is C16H16ClFO. The number of hydrogen-bond donors (Lipinski definition) is 1. The van der Waals surface area contributed by atoms with Gasteiger partial charge in [0, 0.05) is 10.6 Å². The van der Waals surface area contributed by atoms with Gasteiger partial charge in [0.05, 0.1) is 6.10 Å². The van der Waals surface area contributed by atoms with E-state index in [9.17, 15) is 9.50 Å². The summed E-state index contributed by atoms with van der Waals surface area (Å²) in [7, 11) is 0. The first-order chi connectivity index (χ1) is 9.06. The van der Waals surface area contributed by atoms with E-state index in [1.54, 1.807) is 0 Å². The van der Waals surface area contributed by atoms with E-state index >= 15 is 0 Å². The second kappa shape index (κ2) is 6.18. The average molecular weight is 279 g/mol. The van der Waals surface area contributed by atoms with E-state index in [0.717, 1.165) is 12.0 Å². The van der Waals surface area contributed by atoms with E-state index in [1.165, 1.54) is 23.8 Å². The molecule has 0 bridgehead atoms. The van der Waals surface area contributed by atoms with E-state index in [4.69, 9.17) is 11.6 Å². The Morgan fingerprint density at radius 2 is 2.00 bits per heavy atom. The first kappa shape index (κ1) is 14.0. The second-order valence-electron chi connectivity index (χ2n) is 4.71. The fraction of sp³-hybridized carbons (Fsp3) is 0.250. The van der Waals surface area contributed by atoms with E-state index in [2.05, 4.69) is 6.07 Å². The molecule has 1 atom stereocenters. The zero-order valence-electron chi connectivity index (χ0n) is 10.7. The Hall–Kier alpha value is -1.38. The maximum Gasteiger partial charge on any atom is 0.123 e. The molecule has 1 N–H and O–H groups in total. The van der Waals surface area contributed by atoms with Crippen LogP contribution in [0.2, 0.25) is 5.02 Å². The largest absolute Gasteiger partial charge is 0.388 e. The molecule has 0 aromatic heterocycles. The van der Waals surface area contributed by atoms with Crippen LogP contribution in [-0.2, 0) is 6.42 Å². The zero-order valence-corrected chi connectivity index (χ0v) is 11.5. The molecule has 19 heavy (non-hydrogen) atoms. The highest BCUT2D eigenvalue weighted by atomic mass is 35.5. The molecule has 0 fully saturated rings. The van der Waals surface area contributed by atoms with Crippen LogP contribution in [0.15, 0.2) is 42.5 Å². The summed E-state index contributed by atoms with van der Waals surface area (Å²) in [4.78, 5) is 0. The predicted octanol–water partition coefficient (Wildman–Crippen LogP) is 4.45. The normalized spacial score (nSPS) is 12.4. The summed E-state index contributed by atoms with van der Waals surface area (Å²) < 4.78 is 13.2. The zero-order chi connectivity index (χ0) is 13.8. The molecule has 2 aromatic rings. The summed E-state index contributed by atoms with van der Waals surface area (Å²) in [5.41, 5.74) is 2.80. The van der Waals surface area contributed by atoms with Crippen LogP contribution in [0.5, 0.6) is 0 Å². The fourth-order valence-corrected chi connectivity index (χ4v) is 2.34. The Kier molecular flexibility index (Phi) is 4.56. The minimum absolute atomic E-state index is 0.381. The maximum absolute atomic E-state index is 13.2. The van der Waals surface area contributed by atoms with Crippen molar-refractivity contribution in [1.29, 1.82) is 0 Å². The van der Waals surface area contributed by atoms with Crippen molar-refractivity contribution >= 4 is 11.6 Å². The number of aryl methyl sites for hydroxylation is 2. The number of aliphatic hydroxyl groups excluding tert-OH is 1. The van der Waals surface area contributed by atoms with Crippen LogP contribution in [0.4, 0.5) is 4.39 Å². The quantitative estimate of drug-likeness (QED) is 0.876. The van der Waals surface area contributed by atoms with E-state index in [0.29, 0.717) is 17.0 Å². The van der Waals surface area contributed by atoms with Gasteiger partial charge in [0.1, 0.15) is 5.82 Å². The maximum atomic E-state index is 13.2. The Bertz CT molecular complexity index is 568. The van der Waals surface area contributed by atoms with Gasteiger partial charge in [-0.1, -0.05) is 41.4 Å². The molecule has 0 aliphatic heterocycles. The topological polar surface area (TPSA) is 20.2 Å². The van der Waals surface area contributed by atoms with Gasteiger partial charge in [-0.15, -0.1) is 0 Å². The van der Waals surface area contributed by atoms with Gasteiger partial charge >= 0.3 is 0 Å². The van der Waals surface area contributed by atoms with Gasteiger partial charge in [-0.05, 0) is 43.5 Å². The molecule has 100 valence electrons. The first-order valence-electron chi connectivity index (χ1n) is 6.25. The molecule has 2 aromatic carbocycles. The lowest BCUT2D eigenvalue weighted by molar-refractivity contribution is 0.167. The van der Waals surface area contributed by atoms with Crippen LogP contribution in [0.3, 0.4) is 0 Å². The van der Waals surface area contributed by atoms with Crippen molar-refractivity contribution in [2.24, 2.45) is 0 Å². The van der Waals surface area contributed by atoms with E-state index in [-0.39, 0.29) is 5.82 Å². The summed E-state index contributed by atoms with van der Waals surface area (Å²) >= 11 is 5.97. The predicted molar refractivity (Wildman–Crippen MR) is 75.9 cm³/mol. The Morgan fingerprint density at radius 3 is 2.74 bits per heavy atom. The van der Waals surface area contributed by atoms with Crippen molar-refractivity contribution < 1.29 is 9.50 Å². The lowest BCUT2D eigenvalue weighted by Crippen LogP contribution is -2.01.